The second-order valence-electron chi connectivity index (χ2n) is 5.87. The molecule has 0 aromatic heterocycles. The van der Waals surface area contributed by atoms with Crippen LogP contribution in [-0.2, 0) is 9.84 Å². The van der Waals surface area contributed by atoms with Crippen molar-refractivity contribution >= 4 is 38.7 Å². The lowest BCUT2D eigenvalue weighted by Gasteiger charge is -2.13. The van der Waals surface area contributed by atoms with Crippen molar-refractivity contribution < 1.29 is 8.42 Å². The minimum atomic E-state index is -3.55. The summed E-state index contributed by atoms with van der Waals surface area (Å²) in [4.78, 5) is 4.55. The van der Waals surface area contributed by atoms with Gasteiger partial charge in [0.2, 0.25) is 0 Å². The van der Waals surface area contributed by atoms with Gasteiger partial charge in [-0.25, -0.2) is 8.42 Å². The van der Waals surface area contributed by atoms with Gasteiger partial charge in [-0.3, -0.25) is 4.99 Å². The van der Waals surface area contributed by atoms with E-state index in [0.29, 0.717) is 10.9 Å². The predicted octanol–water partition coefficient (Wildman–Crippen LogP) is 3.85. The average molecular weight is 410 g/mol. The summed E-state index contributed by atoms with van der Waals surface area (Å²) in [5.74, 6) is -0.00381. The molecule has 5 nitrogen and oxygen atoms in total. The molecule has 28 heavy (non-hydrogen) atoms. The molecular weight excluding hydrogens is 390 g/mol. The third kappa shape index (κ3) is 5.48. The fourth-order valence-corrected chi connectivity index (χ4v) is 3.68. The summed E-state index contributed by atoms with van der Waals surface area (Å²) in [5, 5.41) is 6.40. The van der Waals surface area contributed by atoms with Crippen LogP contribution in [0.1, 0.15) is 5.56 Å². The molecule has 0 radical (unpaired) electrons. The predicted molar refractivity (Wildman–Crippen MR) is 117 cm³/mol. The molecule has 0 aliphatic carbocycles. The summed E-state index contributed by atoms with van der Waals surface area (Å²) in [7, 11) is -3.55. The Morgan fingerprint density at radius 3 is 1.96 bits per heavy atom. The molecule has 0 fully saturated rings. The van der Waals surface area contributed by atoms with E-state index in [2.05, 4.69) is 15.6 Å². The maximum absolute atomic E-state index is 12.6. The largest absolute Gasteiger partial charge is 0.332 e. The third-order valence-electron chi connectivity index (χ3n) is 3.81. The summed E-state index contributed by atoms with van der Waals surface area (Å²) in [6.45, 7) is 0. The summed E-state index contributed by atoms with van der Waals surface area (Å²) in [5.41, 5.74) is 1.56. The lowest BCUT2D eigenvalue weighted by molar-refractivity contribution is 0.596. The molecule has 7 heteroatoms. The van der Waals surface area contributed by atoms with E-state index in [1.54, 1.807) is 30.3 Å². The number of hydrogen-bond acceptors (Lipinski definition) is 4. The molecule has 0 saturated carbocycles. The Morgan fingerprint density at radius 2 is 1.36 bits per heavy atom. The highest BCUT2D eigenvalue weighted by Gasteiger charge is 2.14. The Balaban J connectivity index is 1.81. The van der Waals surface area contributed by atoms with Crippen molar-refractivity contribution in [3.63, 3.8) is 0 Å². The van der Waals surface area contributed by atoms with Crippen LogP contribution in [0.2, 0.25) is 0 Å². The highest BCUT2D eigenvalue weighted by atomic mass is 32.2. The zero-order valence-corrected chi connectivity index (χ0v) is 16.6. The minimum absolute atomic E-state index is 0.233. The zero-order valence-electron chi connectivity index (χ0n) is 14.9. The topological polar surface area (TPSA) is 70.6 Å². The number of thiocarbonyl (C=S) groups is 1. The van der Waals surface area contributed by atoms with Crippen molar-refractivity contribution in [2.45, 2.75) is 4.90 Å². The van der Waals surface area contributed by atoms with Crippen LogP contribution in [0.3, 0.4) is 0 Å². The quantitative estimate of drug-likeness (QED) is 0.381. The van der Waals surface area contributed by atoms with E-state index in [0.717, 1.165) is 11.3 Å². The molecule has 142 valence electrons. The Labute approximate surface area is 170 Å². The van der Waals surface area contributed by atoms with Gasteiger partial charge in [-0.2, -0.15) is 0 Å². The summed E-state index contributed by atoms with van der Waals surface area (Å²) < 4.78 is 25.1. The number of hydrogen-bond donors (Lipinski definition) is 2. The van der Waals surface area contributed by atoms with Gasteiger partial charge >= 0.3 is 0 Å². The summed E-state index contributed by atoms with van der Waals surface area (Å²) in [6, 6.07) is 27.0. The summed E-state index contributed by atoms with van der Waals surface area (Å²) >= 11 is 5.36. The standard InChI is InChI=1S/C21H19N3O2S2/c25-28(26,19-14-8-3-9-15-19)16-22-20(17-10-4-1-5-11-17)24-21(27)23-18-12-6-2-7-13-18/h1-15H,16H2,(H2,22,23,24,27). The first-order chi connectivity index (χ1) is 13.5. The van der Waals surface area contributed by atoms with Crippen molar-refractivity contribution in [3.8, 4) is 0 Å². The van der Waals surface area contributed by atoms with Gasteiger partial charge in [0, 0.05) is 11.3 Å². The molecule has 0 aliphatic heterocycles. The number of aliphatic imine (C=N–C) groups is 1. The van der Waals surface area contributed by atoms with E-state index in [1.807, 2.05) is 60.7 Å². The highest BCUT2D eigenvalue weighted by Crippen LogP contribution is 2.11. The van der Waals surface area contributed by atoms with Crippen LogP contribution in [-0.4, -0.2) is 25.2 Å². The molecule has 0 atom stereocenters. The molecule has 3 rings (SSSR count). The first-order valence-electron chi connectivity index (χ1n) is 8.55. The Hall–Kier alpha value is -3.03. The van der Waals surface area contributed by atoms with Gasteiger partial charge in [0.1, 0.15) is 11.7 Å². The maximum Gasteiger partial charge on any atom is 0.198 e. The smallest absolute Gasteiger partial charge is 0.198 e. The molecule has 3 aromatic rings. The van der Waals surface area contributed by atoms with Crippen molar-refractivity contribution in [1.29, 1.82) is 0 Å². The number of rotatable bonds is 5. The van der Waals surface area contributed by atoms with Crippen molar-refractivity contribution in [1.82, 2.24) is 5.32 Å². The molecule has 2 N–H and O–H groups in total. The lowest BCUT2D eigenvalue weighted by atomic mass is 10.2. The number of sulfone groups is 1. The number of benzene rings is 3. The molecule has 0 heterocycles. The summed E-state index contributed by atoms with van der Waals surface area (Å²) in [6.07, 6.45) is 0. The van der Waals surface area contributed by atoms with Crippen molar-refractivity contribution in [2.24, 2.45) is 4.99 Å². The Morgan fingerprint density at radius 1 is 0.821 bits per heavy atom. The fourth-order valence-electron chi connectivity index (χ4n) is 2.44. The monoisotopic (exact) mass is 409 g/mol. The van der Waals surface area contributed by atoms with E-state index < -0.39 is 9.84 Å². The Kier molecular flexibility index (Phi) is 6.52. The highest BCUT2D eigenvalue weighted by molar-refractivity contribution is 7.91. The molecule has 0 bridgehead atoms. The SMILES string of the molecule is O=S(=O)(C/N=C(/NC(=S)Nc1ccccc1)c1ccccc1)c1ccccc1. The Bertz CT molecular complexity index is 1050. The normalized spacial score (nSPS) is 11.6. The third-order valence-corrected chi connectivity index (χ3v) is 5.47. The van der Waals surface area contributed by atoms with Crippen molar-refractivity contribution in [3.05, 3.63) is 96.6 Å². The first kappa shape index (κ1) is 19.7. The van der Waals surface area contributed by atoms with Gasteiger partial charge in [0.25, 0.3) is 0 Å². The molecule has 0 saturated heterocycles. The van der Waals surface area contributed by atoms with E-state index in [9.17, 15) is 8.42 Å². The molecule has 0 amide bonds. The number of nitrogens with zero attached hydrogens (tertiary/aromatic N) is 1. The second kappa shape index (κ2) is 9.25. The number of anilines is 1. The van der Waals surface area contributed by atoms with Crippen LogP contribution >= 0.6 is 12.2 Å². The first-order valence-corrected chi connectivity index (χ1v) is 10.6. The number of nitrogens with one attached hydrogen (secondary N) is 2. The van der Waals surface area contributed by atoms with E-state index in [4.69, 9.17) is 12.2 Å². The van der Waals surface area contributed by atoms with Crippen molar-refractivity contribution in [2.75, 3.05) is 11.2 Å². The van der Waals surface area contributed by atoms with Crippen LogP contribution in [0.5, 0.6) is 0 Å². The maximum atomic E-state index is 12.6. The molecule has 0 spiro atoms. The van der Waals surface area contributed by atoms with E-state index >= 15 is 0 Å². The van der Waals surface area contributed by atoms with Gasteiger partial charge in [0.05, 0.1) is 4.90 Å². The average Bonchev–Trinajstić information content (AvgIpc) is 2.73. The van der Waals surface area contributed by atoms with Crippen LogP contribution in [0, 0.1) is 0 Å². The van der Waals surface area contributed by atoms with Gasteiger partial charge in [0.15, 0.2) is 14.9 Å². The minimum Gasteiger partial charge on any atom is -0.332 e. The van der Waals surface area contributed by atoms with Gasteiger partial charge in [-0.1, -0.05) is 66.7 Å². The number of amidine groups is 1. The van der Waals surface area contributed by atoms with Crippen LogP contribution in [0.25, 0.3) is 0 Å². The molecule has 3 aromatic carbocycles. The fraction of sp³-hybridized carbons (Fsp3) is 0.0476. The van der Waals surface area contributed by atoms with Gasteiger partial charge in [-0.05, 0) is 36.5 Å². The van der Waals surface area contributed by atoms with E-state index in [-0.39, 0.29) is 10.8 Å². The second-order valence-corrected chi connectivity index (χ2v) is 8.24. The lowest BCUT2D eigenvalue weighted by Crippen LogP contribution is -2.35. The molecule has 0 unspecified atom stereocenters. The van der Waals surface area contributed by atoms with Gasteiger partial charge < -0.3 is 10.6 Å². The number of para-hydroxylation sites is 1. The zero-order chi connectivity index (χ0) is 19.8. The van der Waals surface area contributed by atoms with E-state index in [1.165, 1.54) is 0 Å². The van der Waals surface area contributed by atoms with Gasteiger partial charge in [-0.15, -0.1) is 0 Å². The molecular formula is C21H19N3O2S2. The van der Waals surface area contributed by atoms with Crippen LogP contribution < -0.4 is 10.6 Å². The molecule has 0 aliphatic rings. The van der Waals surface area contributed by atoms with Crippen LogP contribution in [0.15, 0.2) is 101 Å². The van der Waals surface area contributed by atoms with Crippen LogP contribution in [0.4, 0.5) is 5.69 Å².